The Balaban J connectivity index is 2.12. The number of carbonyl (C=O) groups is 3. The summed E-state index contributed by atoms with van der Waals surface area (Å²) in [6.07, 6.45) is 4.35. The molecule has 0 spiro atoms. The zero-order valence-corrected chi connectivity index (χ0v) is 11.5. The number of carboxylic acids is 1. The lowest BCUT2D eigenvalue weighted by atomic mass is 10.2. The van der Waals surface area contributed by atoms with E-state index in [2.05, 4.69) is 10.4 Å². The number of rotatable bonds is 5. The molecule has 0 aliphatic heterocycles. The SMILES string of the molecule is CC(=O)c1cc(C(=O)Nc2cnn(CC(=O)O)c2)n(C)c1. The molecule has 21 heavy (non-hydrogen) atoms. The van der Waals surface area contributed by atoms with Crippen molar-refractivity contribution in [2.24, 2.45) is 7.05 Å². The van der Waals surface area contributed by atoms with Crippen LogP contribution in [0.2, 0.25) is 0 Å². The maximum atomic E-state index is 12.1. The van der Waals surface area contributed by atoms with Crippen molar-refractivity contribution in [1.82, 2.24) is 14.3 Å². The number of ketones is 1. The molecule has 8 nitrogen and oxygen atoms in total. The van der Waals surface area contributed by atoms with E-state index >= 15 is 0 Å². The van der Waals surface area contributed by atoms with Gasteiger partial charge in [-0.1, -0.05) is 0 Å². The molecular formula is C13H14N4O4. The largest absolute Gasteiger partial charge is 0.480 e. The molecule has 110 valence electrons. The monoisotopic (exact) mass is 290 g/mol. The molecule has 0 unspecified atom stereocenters. The van der Waals surface area contributed by atoms with E-state index in [1.807, 2.05) is 0 Å². The van der Waals surface area contributed by atoms with Gasteiger partial charge in [-0.3, -0.25) is 19.1 Å². The molecule has 0 fully saturated rings. The Morgan fingerprint density at radius 1 is 1.33 bits per heavy atom. The number of carboxylic acid groups (broad SMARTS) is 1. The van der Waals surface area contributed by atoms with Crippen molar-refractivity contribution in [3.05, 3.63) is 35.9 Å². The van der Waals surface area contributed by atoms with Gasteiger partial charge in [0.2, 0.25) is 0 Å². The van der Waals surface area contributed by atoms with Gasteiger partial charge >= 0.3 is 5.97 Å². The number of nitrogens with zero attached hydrogens (tertiary/aromatic N) is 3. The molecule has 2 aromatic rings. The molecule has 0 aliphatic carbocycles. The van der Waals surface area contributed by atoms with Crippen LogP contribution in [0.5, 0.6) is 0 Å². The van der Waals surface area contributed by atoms with E-state index in [-0.39, 0.29) is 12.3 Å². The van der Waals surface area contributed by atoms with Crippen LogP contribution in [0, 0.1) is 0 Å². The van der Waals surface area contributed by atoms with Crippen LogP contribution < -0.4 is 5.32 Å². The zero-order chi connectivity index (χ0) is 15.6. The van der Waals surface area contributed by atoms with Crippen LogP contribution in [0.4, 0.5) is 5.69 Å². The third-order valence-corrected chi connectivity index (χ3v) is 2.83. The number of amides is 1. The first-order valence-corrected chi connectivity index (χ1v) is 6.09. The Kier molecular flexibility index (Phi) is 3.88. The van der Waals surface area contributed by atoms with Gasteiger partial charge in [0.1, 0.15) is 12.2 Å². The average molecular weight is 290 g/mol. The highest BCUT2D eigenvalue weighted by Gasteiger charge is 2.14. The summed E-state index contributed by atoms with van der Waals surface area (Å²) >= 11 is 0. The van der Waals surface area contributed by atoms with Crippen LogP contribution in [0.1, 0.15) is 27.8 Å². The van der Waals surface area contributed by atoms with Crippen LogP contribution >= 0.6 is 0 Å². The lowest BCUT2D eigenvalue weighted by Gasteiger charge is -2.03. The van der Waals surface area contributed by atoms with Gasteiger partial charge < -0.3 is 15.0 Å². The molecular weight excluding hydrogens is 276 g/mol. The van der Waals surface area contributed by atoms with Gasteiger partial charge in [-0.2, -0.15) is 5.10 Å². The number of hydrogen-bond donors (Lipinski definition) is 2. The molecule has 8 heteroatoms. The zero-order valence-electron chi connectivity index (χ0n) is 11.5. The topological polar surface area (TPSA) is 106 Å². The van der Waals surface area contributed by atoms with Crippen LogP contribution in [0.3, 0.4) is 0 Å². The quantitative estimate of drug-likeness (QED) is 0.791. The van der Waals surface area contributed by atoms with E-state index in [4.69, 9.17) is 5.11 Å². The van der Waals surface area contributed by atoms with Gasteiger partial charge in [0.15, 0.2) is 5.78 Å². The number of aliphatic carboxylic acids is 1. The summed E-state index contributed by atoms with van der Waals surface area (Å²) in [6.45, 7) is 1.14. The highest BCUT2D eigenvalue weighted by molar-refractivity contribution is 6.05. The highest BCUT2D eigenvalue weighted by Crippen LogP contribution is 2.12. The number of anilines is 1. The van der Waals surface area contributed by atoms with E-state index in [1.54, 1.807) is 17.8 Å². The van der Waals surface area contributed by atoms with Crippen LogP contribution in [0.15, 0.2) is 24.7 Å². The summed E-state index contributed by atoms with van der Waals surface area (Å²) < 4.78 is 2.75. The third-order valence-electron chi connectivity index (χ3n) is 2.83. The normalized spacial score (nSPS) is 10.4. The van der Waals surface area contributed by atoms with Crippen molar-refractivity contribution in [2.75, 3.05) is 5.32 Å². The minimum atomic E-state index is -1.02. The predicted octanol–water partition coefficient (Wildman–Crippen LogP) is 0.761. The van der Waals surface area contributed by atoms with Gasteiger partial charge in [0, 0.05) is 25.0 Å². The number of nitrogens with one attached hydrogen (secondary N) is 1. The molecule has 2 rings (SSSR count). The Hall–Kier alpha value is -2.90. The van der Waals surface area contributed by atoms with Crippen molar-refractivity contribution in [3.63, 3.8) is 0 Å². The van der Waals surface area contributed by atoms with Crippen LogP contribution in [-0.4, -0.2) is 37.1 Å². The van der Waals surface area contributed by atoms with Crippen molar-refractivity contribution in [2.45, 2.75) is 13.5 Å². The lowest BCUT2D eigenvalue weighted by molar-refractivity contribution is -0.137. The summed E-state index contributed by atoms with van der Waals surface area (Å²) in [5.74, 6) is -1.55. The molecule has 0 aromatic carbocycles. The van der Waals surface area contributed by atoms with Gasteiger partial charge in [-0.05, 0) is 13.0 Å². The van der Waals surface area contributed by atoms with Gasteiger partial charge in [-0.15, -0.1) is 0 Å². The summed E-state index contributed by atoms with van der Waals surface area (Å²) in [5.41, 5.74) is 1.15. The Bertz CT molecular complexity index is 714. The second kappa shape index (κ2) is 5.61. The minimum absolute atomic E-state index is 0.126. The molecule has 0 aliphatic rings. The smallest absolute Gasteiger partial charge is 0.325 e. The first kappa shape index (κ1) is 14.5. The number of carbonyl (C=O) groups excluding carboxylic acids is 2. The molecule has 0 bridgehead atoms. The number of Topliss-reactive ketones (excluding diaryl/α,β-unsaturated/α-hetero) is 1. The van der Waals surface area contributed by atoms with Gasteiger partial charge in [0.05, 0.1) is 11.9 Å². The van der Waals surface area contributed by atoms with Crippen molar-refractivity contribution >= 4 is 23.3 Å². The first-order chi connectivity index (χ1) is 9.86. The Morgan fingerprint density at radius 3 is 2.62 bits per heavy atom. The van der Waals surface area contributed by atoms with E-state index in [0.29, 0.717) is 16.9 Å². The van der Waals surface area contributed by atoms with Gasteiger partial charge in [0.25, 0.3) is 5.91 Å². The first-order valence-electron chi connectivity index (χ1n) is 6.09. The van der Waals surface area contributed by atoms with Crippen molar-refractivity contribution < 1.29 is 19.5 Å². The van der Waals surface area contributed by atoms with Gasteiger partial charge in [-0.25, -0.2) is 0 Å². The van der Waals surface area contributed by atoms with Crippen LogP contribution in [-0.2, 0) is 18.4 Å². The summed E-state index contributed by atoms with van der Waals surface area (Å²) in [4.78, 5) is 33.9. The summed E-state index contributed by atoms with van der Waals surface area (Å²) in [5, 5.41) is 15.1. The number of aryl methyl sites for hydroxylation is 1. The fraction of sp³-hybridized carbons (Fsp3) is 0.231. The molecule has 0 saturated heterocycles. The van der Waals surface area contributed by atoms with E-state index < -0.39 is 11.9 Å². The average Bonchev–Trinajstić information content (AvgIpc) is 2.95. The van der Waals surface area contributed by atoms with Crippen molar-refractivity contribution in [3.8, 4) is 0 Å². The lowest BCUT2D eigenvalue weighted by Crippen LogP contribution is -2.15. The molecule has 2 N–H and O–H groups in total. The van der Waals surface area contributed by atoms with E-state index in [9.17, 15) is 14.4 Å². The second-order valence-electron chi connectivity index (χ2n) is 4.56. The minimum Gasteiger partial charge on any atom is -0.480 e. The highest BCUT2D eigenvalue weighted by atomic mass is 16.4. The number of hydrogen-bond acceptors (Lipinski definition) is 4. The maximum absolute atomic E-state index is 12.1. The molecule has 2 heterocycles. The Morgan fingerprint density at radius 2 is 2.05 bits per heavy atom. The second-order valence-corrected chi connectivity index (χ2v) is 4.56. The van der Waals surface area contributed by atoms with Crippen molar-refractivity contribution in [1.29, 1.82) is 0 Å². The van der Waals surface area contributed by atoms with Crippen LogP contribution in [0.25, 0.3) is 0 Å². The molecule has 0 atom stereocenters. The maximum Gasteiger partial charge on any atom is 0.325 e. The molecule has 1 amide bonds. The molecule has 0 saturated carbocycles. The van der Waals surface area contributed by atoms with E-state index in [1.165, 1.54) is 30.1 Å². The fourth-order valence-electron chi connectivity index (χ4n) is 1.83. The fourth-order valence-corrected chi connectivity index (χ4v) is 1.83. The summed E-state index contributed by atoms with van der Waals surface area (Å²) in [6, 6.07) is 1.50. The standard InChI is InChI=1S/C13H14N4O4/c1-8(18)9-3-11(16(2)5-9)13(21)15-10-4-14-17(6-10)7-12(19)20/h3-6H,7H2,1-2H3,(H,15,21)(H,19,20). The van der Waals surface area contributed by atoms with E-state index in [0.717, 1.165) is 0 Å². The molecule has 0 radical (unpaired) electrons. The third kappa shape index (κ3) is 3.35. The number of aromatic nitrogens is 3. The summed E-state index contributed by atoms with van der Waals surface area (Å²) in [7, 11) is 1.66. The molecule has 2 aromatic heterocycles. The Labute approximate surface area is 120 Å². The predicted molar refractivity (Wildman–Crippen MR) is 73.2 cm³/mol.